The van der Waals surface area contributed by atoms with Gasteiger partial charge in [-0.1, -0.05) is 48.5 Å². The molecule has 2 aromatic carbocycles. The molecule has 3 N–H and O–H groups in total. The summed E-state index contributed by atoms with van der Waals surface area (Å²) in [7, 11) is 3.16. The highest BCUT2D eigenvalue weighted by Gasteiger charge is 2.30. The van der Waals surface area contributed by atoms with E-state index in [1.807, 2.05) is 24.3 Å². The lowest BCUT2D eigenvalue weighted by Gasteiger charge is -2.32. The van der Waals surface area contributed by atoms with E-state index in [0.29, 0.717) is 42.5 Å². The first-order chi connectivity index (χ1) is 18.8. The Morgan fingerprint density at radius 3 is 2.35 bits per heavy atom. The molecule has 0 spiro atoms. The van der Waals surface area contributed by atoms with Crippen molar-refractivity contribution in [1.29, 1.82) is 0 Å². The van der Waals surface area contributed by atoms with E-state index in [1.165, 1.54) is 11.7 Å². The van der Waals surface area contributed by atoms with Crippen LogP contribution in [0.15, 0.2) is 59.4 Å². The predicted molar refractivity (Wildman–Crippen MR) is 157 cm³/mol. The normalized spacial score (nSPS) is 13.7. The van der Waals surface area contributed by atoms with Crippen LogP contribution in [0.5, 0.6) is 5.75 Å². The summed E-state index contributed by atoms with van der Waals surface area (Å²) in [5.41, 5.74) is 6.95. The molecular formula is C29H34ClN5O5. The molecule has 11 heteroatoms. The summed E-state index contributed by atoms with van der Waals surface area (Å²) in [6.07, 6.45) is 1.20. The number of nitrogens with two attached hydrogens (primary N) is 1. The third kappa shape index (κ3) is 5.07. The van der Waals surface area contributed by atoms with Crippen molar-refractivity contribution in [2.75, 3.05) is 26.7 Å². The molecule has 2 aromatic heterocycles. The van der Waals surface area contributed by atoms with Gasteiger partial charge >= 0.3 is 0 Å². The number of ether oxygens (including phenoxy) is 1. The minimum Gasteiger partial charge on any atom is -0.493 e. The highest BCUT2D eigenvalue weighted by Crippen LogP contribution is 2.35. The SMILES string of the molecule is COc1c(C(=O)NC2CCN(C(=O)CN)CC2)n(C)c2c1c(=O)n(CC(=O)c1ccccc1)c1ccccc21.Cl.[HH]. The van der Waals surface area contributed by atoms with Crippen molar-refractivity contribution in [3.63, 3.8) is 0 Å². The minimum atomic E-state index is -0.409. The first-order valence-electron chi connectivity index (χ1n) is 12.9. The number of fused-ring (bicyclic) bond motifs is 3. The summed E-state index contributed by atoms with van der Waals surface area (Å²) in [4.78, 5) is 54.2. The number of methoxy groups -OCH3 is 1. The number of nitrogens with one attached hydrogen (secondary N) is 1. The largest absolute Gasteiger partial charge is 0.493 e. The lowest BCUT2D eigenvalue weighted by Crippen LogP contribution is -2.48. The molecular weight excluding hydrogens is 534 g/mol. The second-order valence-corrected chi connectivity index (χ2v) is 9.69. The molecule has 212 valence electrons. The number of likely N-dealkylation sites (tertiary alicyclic amines) is 1. The average molecular weight is 568 g/mol. The third-order valence-electron chi connectivity index (χ3n) is 7.43. The van der Waals surface area contributed by atoms with E-state index in [4.69, 9.17) is 10.5 Å². The molecule has 0 bridgehead atoms. The third-order valence-corrected chi connectivity index (χ3v) is 7.43. The highest BCUT2D eigenvalue weighted by atomic mass is 35.5. The van der Waals surface area contributed by atoms with Gasteiger partial charge in [0.05, 0.1) is 31.2 Å². The zero-order valence-electron chi connectivity index (χ0n) is 22.4. The number of carbonyl (C=O) groups excluding carboxylic acids is 3. The van der Waals surface area contributed by atoms with E-state index >= 15 is 0 Å². The van der Waals surface area contributed by atoms with Crippen LogP contribution in [-0.4, -0.2) is 64.4 Å². The van der Waals surface area contributed by atoms with Crippen LogP contribution in [0.3, 0.4) is 0 Å². The summed E-state index contributed by atoms with van der Waals surface area (Å²) >= 11 is 0. The van der Waals surface area contributed by atoms with Gasteiger partial charge in [-0.05, 0) is 18.9 Å². The van der Waals surface area contributed by atoms with Gasteiger partial charge in [-0.25, -0.2) is 0 Å². The molecule has 1 saturated heterocycles. The lowest BCUT2D eigenvalue weighted by atomic mass is 10.0. The number of para-hydroxylation sites is 1. The fourth-order valence-electron chi connectivity index (χ4n) is 5.45. The molecule has 5 rings (SSSR count). The summed E-state index contributed by atoms with van der Waals surface area (Å²) in [5, 5.41) is 4.02. The van der Waals surface area contributed by atoms with Crippen LogP contribution in [0.25, 0.3) is 21.8 Å². The Balaban J connectivity index is 0.00000231. The number of rotatable bonds is 7. The van der Waals surface area contributed by atoms with Gasteiger partial charge in [-0.15, -0.1) is 12.4 Å². The van der Waals surface area contributed by atoms with Gasteiger partial charge in [-0.2, -0.15) is 0 Å². The molecule has 1 aliphatic heterocycles. The number of aryl methyl sites for hydroxylation is 1. The summed E-state index contributed by atoms with van der Waals surface area (Å²) in [6.45, 7) is 0.835. The second kappa shape index (κ2) is 11.9. The molecule has 40 heavy (non-hydrogen) atoms. The topological polar surface area (TPSA) is 129 Å². The number of amides is 2. The maximum absolute atomic E-state index is 13.9. The van der Waals surface area contributed by atoms with Crippen molar-refractivity contribution in [1.82, 2.24) is 19.4 Å². The number of hydrogen-bond acceptors (Lipinski definition) is 6. The number of pyridine rings is 1. The number of halogens is 1. The van der Waals surface area contributed by atoms with E-state index in [-0.39, 0.29) is 67.4 Å². The fraction of sp³-hybridized carbons (Fsp3) is 0.310. The van der Waals surface area contributed by atoms with Gasteiger partial charge in [-0.3, -0.25) is 23.7 Å². The van der Waals surface area contributed by atoms with E-state index in [1.54, 1.807) is 46.8 Å². The van der Waals surface area contributed by atoms with Crippen LogP contribution in [0, 0.1) is 0 Å². The van der Waals surface area contributed by atoms with Crippen LogP contribution in [0.2, 0.25) is 0 Å². The molecule has 0 unspecified atom stereocenters. The quantitative estimate of drug-likeness (QED) is 0.330. The van der Waals surface area contributed by atoms with Gasteiger partial charge in [0, 0.05) is 38.6 Å². The molecule has 2 amide bonds. The van der Waals surface area contributed by atoms with Gasteiger partial charge in [0.25, 0.3) is 11.5 Å². The first kappa shape index (κ1) is 28.8. The number of Topliss-reactive ketones (excluding diaryl/α,β-unsaturated/α-hetero) is 1. The highest BCUT2D eigenvalue weighted by molar-refractivity contribution is 6.12. The summed E-state index contributed by atoms with van der Waals surface area (Å²) in [5.74, 6) is -0.513. The Hall–Kier alpha value is -4.15. The van der Waals surface area contributed by atoms with Gasteiger partial charge in [0.15, 0.2) is 17.2 Å². The fourth-order valence-corrected chi connectivity index (χ4v) is 5.45. The van der Waals surface area contributed by atoms with Crippen molar-refractivity contribution in [3.8, 4) is 5.75 Å². The number of benzene rings is 2. The van der Waals surface area contributed by atoms with Gasteiger partial charge in [0.1, 0.15) is 5.39 Å². The lowest BCUT2D eigenvalue weighted by molar-refractivity contribution is -0.130. The Morgan fingerprint density at radius 2 is 1.70 bits per heavy atom. The Labute approximate surface area is 238 Å². The van der Waals surface area contributed by atoms with Crippen molar-refractivity contribution in [3.05, 3.63) is 76.2 Å². The van der Waals surface area contributed by atoms with Crippen LogP contribution >= 0.6 is 12.4 Å². The maximum Gasteiger partial charge on any atom is 0.272 e. The number of ketones is 1. The Kier molecular flexibility index (Phi) is 8.61. The molecule has 1 fully saturated rings. The number of nitrogens with zero attached hydrogens (tertiary/aromatic N) is 3. The maximum atomic E-state index is 13.9. The van der Waals surface area contributed by atoms with Crippen LogP contribution in [0.4, 0.5) is 0 Å². The standard InChI is InChI=1S/C29H31N5O5.ClH.H2/c1-32-25-20-10-6-7-11-21(20)34(17-22(35)18-8-4-3-5-9-18)29(38)24(25)27(39-2)26(32)28(37)31-19-12-14-33(15-13-19)23(36)16-30;;/h3-11,19H,12-17,30H2,1-2H3,(H,31,37);2*1H. The minimum absolute atomic E-state index is 0. The van der Waals surface area contributed by atoms with E-state index in [9.17, 15) is 19.2 Å². The monoisotopic (exact) mass is 567 g/mol. The van der Waals surface area contributed by atoms with Crippen LogP contribution in [0.1, 0.15) is 35.1 Å². The van der Waals surface area contributed by atoms with Crippen LogP contribution in [-0.2, 0) is 18.4 Å². The van der Waals surface area contributed by atoms with Crippen molar-refractivity contribution < 1.29 is 20.5 Å². The molecule has 1 aliphatic rings. The molecule has 0 aliphatic carbocycles. The van der Waals surface area contributed by atoms with E-state index in [0.717, 1.165) is 5.39 Å². The molecule has 3 heterocycles. The number of hydrogen-bond donors (Lipinski definition) is 2. The molecule has 4 aromatic rings. The van der Waals surface area contributed by atoms with Gasteiger partial charge in [0.2, 0.25) is 5.91 Å². The van der Waals surface area contributed by atoms with Gasteiger partial charge < -0.3 is 25.3 Å². The van der Waals surface area contributed by atoms with Crippen LogP contribution < -0.4 is 21.3 Å². The first-order valence-corrected chi connectivity index (χ1v) is 12.9. The summed E-state index contributed by atoms with van der Waals surface area (Å²) in [6, 6.07) is 16.0. The Morgan fingerprint density at radius 1 is 1.05 bits per heavy atom. The Bertz CT molecular complexity index is 1640. The van der Waals surface area contributed by atoms with E-state index < -0.39 is 5.56 Å². The number of aromatic nitrogens is 2. The summed E-state index contributed by atoms with van der Waals surface area (Å²) < 4.78 is 8.81. The van der Waals surface area contributed by atoms with Crippen molar-refractivity contribution in [2.45, 2.75) is 25.4 Å². The van der Waals surface area contributed by atoms with Crippen molar-refractivity contribution >= 4 is 51.8 Å². The zero-order chi connectivity index (χ0) is 27.7. The molecule has 10 nitrogen and oxygen atoms in total. The molecule has 0 atom stereocenters. The molecule has 0 saturated carbocycles. The molecule has 0 radical (unpaired) electrons. The second-order valence-electron chi connectivity index (χ2n) is 9.69. The predicted octanol–water partition coefficient (Wildman–Crippen LogP) is 2.73. The smallest absolute Gasteiger partial charge is 0.272 e. The van der Waals surface area contributed by atoms with Crippen molar-refractivity contribution in [2.24, 2.45) is 12.8 Å². The number of carbonyl (C=O) groups is 3. The number of piperidine rings is 1. The average Bonchev–Trinajstić information content (AvgIpc) is 3.28. The van der Waals surface area contributed by atoms with E-state index in [2.05, 4.69) is 5.32 Å². The zero-order valence-corrected chi connectivity index (χ0v) is 23.2.